The molecule has 1 aromatic heterocycles. The Hall–Kier alpha value is -3.12. The lowest BCUT2D eigenvalue weighted by molar-refractivity contribution is 0.0941. The second kappa shape index (κ2) is 9.19. The summed E-state index contributed by atoms with van der Waals surface area (Å²) in [6, 6.07) is 20.0. The van der Waals surface area contributed by atoms with Crippen molar-refractivity contribution >= 4 is 29.3 Å². The molecule has 2 N–H and O–H groups in total. The number of nitrogens with zero attached hydrogens (tertiary/aromatic N) is 1. The fraction of sp³-hybridized carbons (Fsp3) is 0.136. The second-order valence-corrected chi connectivity index (χ2v) is 6.96. The van der Waals surface area contributed by atoms with Crippen molar-refractivity contribution in [2.75, 3.05) is 11.6 Å². The molecule has 1 heterocycles. The number of rotatable bonds is 6. The van der Waals surface area contributed by atoms with Gasteiger partial charge in [-0.2, -0.15) is 0 Å². The molecule has 142 valence electrons. The van der Waals surface area contributed by atoms with Gasteiger partial charge in [-0.05, 0) is 43.0 Å². The highest BCUT2D eigenvalue weighted by Crippen LogP contribution is 2.21. The van der Waals surface area contributed by atoms with Crippen LogP contribution in [0.3, 0.4) is 0 Å². The van der Waals surface area contributed by atoms with Gasteiger partial charge in [-0.3, -0.25) is 9.59 Å². The molecule has 0 aliphatic carbocycles. The maximum absolute atomic E-state index is 12.8. The van der Waals surface area contributed by atoms with Gasteiger partial charge >= 0.3 is 0 Å². The van der Waals surface area contributed by atoms with Crippen molar-refractivity contribution < 1.29 is 9.59 Å². The number of pyridine rings is 1. The molecule has 6 heteroatoms. The van der Waals surface area contributed by atoms with Crippen molar-refractivity contribution in [3.63, 3.8) is 0 Å². The summed E-state index contributed by atoms with van der Waals surface area (Å²) >= 11 is 1.40. The van der Waals surface area contributed by atoms with Crippen molar-refractivity contribution in [1.29, 1.82) is 0 Å². The van der Waals surface area contributed by atoms with Crippen molar-refractivity contribution in [3.05, 3.63) is 89.6 Å². The van der Waals surface area contributed by atoms with E-state index in [1.165, 1.54) is 11.8 Å². The summed E-state index contributed by atoms with van der Waals surface area (Å²) in [5.74, 6) is -0.544. The van der Waals surface area contributed by atoms with Crippen LogP contribution < -0.4 is 10.6 Å². The zero-order valence-electron chi connectivity index (χ0n) is 15.7. The van der Waals surface area contributed by atoms with Crippen LogP contribution in [0.2, 0.25) is 0 Å². The lowest BCUT2D eigenvalue weighted by Crippen LogP contribution is -2.28. The first-order chi connectivity index (χ1) is 13.6. The summed E-state index contributed by atoms with van der Waals surface area (Å²) in [4.78, 5) is 29.7. The smallest absolute Gasteiger partial charge is 0.258 e. The largest absolute Gasteiger partial charge is 0.345 e. The van der Waals surface area contributed by atoms with Gasteiger partial charge in [0.1, 0.15) is 5.03 Å². The zero-order chi connectivity index (χ0) is 19.9. The maximum atomic E-state index is 12.8. The molecule has 0 aliphatic rings. The van der Waals surface area contributed by atoms with E-state index in [1.54, 1.807) is 42.6 Å². The van der Waals surface area contributed by atoms with E-state index in [2.05, 4.69) is 15.6 Å². The van der Waals surface area contributed by atoms with E-state index < -0.39 is 0 Å². The molecule has 0 saturated heterocycles. The molecule has 0 saturated carbocycles. The second-order valence-electron chi connectivity index (χ2n) is 6.17. The SMILES string of the molecule is CSc1ncccc1C(=O)Nc1ccccc1C(=O)NC(C)c1ccccc1. The fourth-order valence-corrected chi connectivity index (χ4v) is 3.35. The number of nitrogens with one attached hydrogen (secondary N) is 2. The fourth-order valence-electron chi connectivity index (χ4n) is 2.81. The number of carbonyl (C=O) groups excluding carboxylic acids is 2. The maximum Gasteiger partial charge on any atom is 0.258 e. The molecule has 0 bridgehead atoms. The third-order valence-electron chi connectivity index (χ3n) is 4.28. The highest BCUT2D eigenvalue weighted by atomic mass is 32.2. The number of aromatic nitrogens is 1. The van der Waals surface area contributed by atoms with Gasteiger partial charge in [-0.1, -0.05) is 42.5 Å². The summed E-state index contributed by atoms with van der Waals surface area (Å²) in [6.45, 7) is 1.93. The molecule has 3 aromatic rings. The topological polar surface area (TPSA) is 71.1 Å². The van der Waals surface area contributed by atoms with Gasteiger partial charge in [0.05, 0.1) is 22.9 Å². The third kappa shape index (κ3) is 4.58. The Morgan fingerprint density at radius 1 is 0.893 bits per heavy atom. The predicted octanol–water partition coefficient (Wildman–Crippen LogP) is 4.55. The first-order valence-electron chi connectivity index (χ1n) is 8.85. The average Bonchev–Trinajstić information content (AvgIpc) is 2.74. The molecule has 0 aliphatic heterocycles. The summed E-state index contributed by atoms with van der Waals surface area (Å²) in [7, 11) is 0. The van der Waals surface area contributed by atoms with E-state index in [-0.39, 0.29) is 17.9 Å². The molecule has 28 heavy (non-hydrogen) atoms. The number of hydrogen-bond acceptors (Lipinski definition) is 4. The Morgan fingerprint density at radius 2 is 1.57 bits per heavy atom. The van der Waals surface area contributed by atoms with Crippen LogP contribution in [0.15, 0.2) is 78.0 Å². The monoisotopic (exact) mass is 391 g/mol. The zero-order valence-corrected chi connectivity index (χ0v) is 16.5. The Balaban J connectivity index is 1.79. The molecule has 0 radical (unpaired) electrons. The van der Waals surface area contributed by atoms with Gasteiger partial charge < -0.3 is 10.6 Å². The molecular formula is C22H21N3O2S. The third-order valence-corrected chi connectivity index (χ3v) is 4.99. The van der Waals surface area contributed by atoms with Gasteiger partial charge in [0.2, 0.25) is 0 Å². The Morgan fingerprint density at radius 3 is 2.32 bits per heavy atom. The van der Waals surface area contributed by atoms with Gasteiger partial charge in [0, 0.05) is 6.20 Å². The van der Waals surface area contributed by atoms with Crippen molar-refractivity contribution in [1.82, 2.24) is 10.3 Å². The van der Waals surface area contributed by atoms with E-state index in [1.807, 2.05) is 43.5 Å². The van der Waals surface area contributed by atoms with Crippen molar-refractivity contribution in [3.8, 4) is 0 Å². The van der Waals surface area contributed by atoms with Gasteiger partial charge in [-0.15, -0.1) is 11.8 Å². The van der Waals surface area contributed by atoms with Crippen LogP contribution in [0.1, 0.15) is 39.2 Å². The minimum atomic E-state index is -0.297. The van der Waals surface area contributed by atoms with Crippen LogP contribution in [0.5, 0.6) is 0 Å². The minimum absolute atomic E-state index is 0.154. The van der Waals surface area contributed by atoms with Crippen LogP contribution in [-0.2, 0) is 0 Å². The molecule has 0 fully saturated rings. The molecule has 5 nitrogen and oxygen atoms in total. The predicted molar refractivity (Wildman–Crippen MR) is 113 cm³/mol. The van der Waals surface area contributed by atoms with E-state index in [4.69, 9.17) is 0 Å². The van der Waals surface area contributed by atoms with Crippen LogP contribution in [0.4, 0.5) is 5.69 Å². The standard InChI is InChI=1S/C22H21N3O2S/c1-15(16-9-4-3-5-10-16)24-20(26)17-11-6-7-13-19(17)25-21(27)18-12-8-14-23-22(18)28-2/h3-15H,1-2H3,(H,24,26)(H,25,27). The van der Waals surface area contributed by atoms with E-state index in [0.717, 1.165) is 5.56 Å². The van der Waals surface area contributed by atoms with Gasteiger partial charge in [0.15, 0.2) is 0 Å². The number of amides is 2. The number of hydrogen-bond donors (Lipinski definition) is 2. The summed E-state index contributed by atoms with van der Waals surface area (Å²) in [6.07, 6.45) is 3.51. The van der Waals surface area contributed by atoms with Gasteiger partial charge in [0.25, 0.3) is 11.8 Å². The molecule has 1 unspecified atom stereocenters. The quantitative estimate of drug-likeness (QED) is 0.605. The normalized spacial score (nSPS) is 11.5. The highest BCUT2D eigenvalue weighted by Gasteiger charge is 2.18. The number of para-hydroxylation sites is 1. The minimum Gasteiger partial charge on any atom is -0.345 e. The summed E-state index contributed by atoms with van der Waals surface area (Å²) in [5.41, 5.74) is 2.36. The Bertz CT molecular complexity index is 976. The first-order valence-corrected chi connectivity index (χ1v) is 10.1. The Labute approximate surface area is 168 Å². The Kier molecular flexibility index (Phi) is 6.45. The van der Waals surface area contributed by atoms with Crippen LogP contribution in [-0.4, -0.2) is 23.1 Å². The van der Waals surface area contributed by atoms with E-state index in [0.29, 0.717) is 21.8 Å². The van der Waals surface area contributed by atoms with Crippen molar-refractivity contribution in [2.24, 2.45) is 0 Å². The van der Waals surface area contributed by atoms with Gasteiger partial charge in [-0.25, -0.2) is 4.98 Å². The molecule has 0 spiro atoms. The first kappa shape index (κ1) is 19.6. The van der Waals surface area contributed by atoms with Crippen LogP contribution in [0, 0.1) is 0 Å². The van der Waals surface area contributed by atoms with E-state index >= 15 is 0 Å². The number of anilines is 1. The molecular weight excluding hydrogens is 370 g/mol. The average molecular weight is 391 g/mol. The van der Waals surface area contributed by atoms with Crippen LogP contribution >= 0.6 is 11.8 Å². The molecule has 2 amide bonds. The number of carbonyl (C=O) groups is 2. The molecule has 1 atom stereocenters. The van der Waals surface area contributed by atoms with Crippen molar-refractivity contribution in [2.45, 2.75) is 18.0 Å². The molecule has 2 aromatic carbocycles. The summed E-state index contributed by atoms with van der Waals surface area (Å²) in [5, 5.41) is 6.46. The highest BCUT2D eigenvalue weighted by molar-refractivity contribution is 7.98. The number of thioether (sulfide) groups is 1. The molecule has 3 rings (SSSR count). The number of benzene rings is 2. The van der Waals surface area contributed by atoms with Crippen LogP contribution in [0.25, 0.3) is 0 Å². The van der Waals surface area contributed by atoms with E-state index in [9.17, 15) is 9.59 Å². The lowest BCUT2D eigenvalue weighted by Gasteiger charge is -2.16. The summed E-state index contributed by atoms with van der Waals surface area (Å²) < 4.78 is 0. The lowest BCUT2D eigenvalue weighted by atomic mass is 10.1.